The summed E-state index contributed by atoms with van der Waals surface area (Å²) >= 11 is 0. The highest BCUT2D eigenvalue weighted by atomic mass is 16.3. The minimum atomic E-state index is -0.645. The number of fused-ring (bicyclic) bond motifs is 1. The summed E-state index contributed by atoms with van der Waals surface area (Å²) in [6.07, 6.45) is 1.68. The van der Waals surface area contributed by atoms with Gasteiger partial charge in [0.25, 0.3) is 11.8 Å². The fourth-order valence-electron chi connectivity index (χ4n) is 3.08. The molecule has 0 saturated carbocycles. The minimum Gasteiger partial charge on any atom is -0.387 e. The molecule has 2 aliphatic heterocycles. The molecule has 0 bridgehead atoms. The van der Waals surface area contributed by atoms with Gasteiger partial charge < -0.3 is 5.11 Å². The van der Waals surface area contributed by atoms with E-state index in [0.29, 0.717) is 24.2 Å². The molecular formula is C15H18N2O3. The molecule has 0 radical (unpaired) electrons. The van der Waals surface area contributed by atoms with E-state index in [1.54, 1.807) is 24.3 Å². The molecule has 1 fully saturated rings. The van der Waals surface area contributed by atoms with Crippen LogP contribution in [0.1, 0.15) is 40.5 Å². The standard InChI is InChI=1S/C15H18N2O3/c1-2-7-15(20)8-16(9-15)10-17-13(18)11-5-3-4-6-12(11)14(17)19/h3-6,20H,2,7-10H2,1H3. The first-order valence-electron chi connectivity index (χ1n) is 6.94. The number of aliphatic hydroxyl groups is 1. The number of rotatable bonds is 4. The van der Waals surface area contributed by atoms with Crippen LogP contribution in [0.4, 0.5) is 0 Å². The number of benzene rings is 1. The zero-order valence-electron chi connectivity index (χ0n) is 11.5. The molecule has 1 saturated heterocycles. The largest absolute Gasteiger partial charge is 0.387 e. The zero-order valence-corrected chi connectivity index (χ0v) is 11.5. The Hall–Kier alpha value is -1.72. The molecule has 3 rings (SSSR count). The number of hydrogen-bond donors (Lipinski definition) is 1. The van der Waals surface area contributed by atoms with Crippen LogP contribution in [-0.4, -0.2) is 52.1 Å². The lowest BCUT2D eigenvalue weighted by Gasteiger charge is -2.47. The molecule has 5 nitrogen and oxygen atoms in total. The molecule has 20 heavy (non-hydrogen) atoms. The molecule has 0 unspecified atom stereocenters. The number of hydrogen-bond acceptors (Lipinski definition) is 4. The van der Waals surface area contributed by atoms with Crippen LogP contribution in [0.2, 0.25) is 0 Å². The van der Waals surface area contributed by atoms with Gasteiger partial charge in [0.15, 0.2) is 0 Å². The second-order valence-electron chi connectivity index (χ2n) is 5.69. The van der Waals surface area contributed by atoms with Crippen LogP contribution in [-0.2, 0) is 0 Å². The van der Waals surface area contributed by atoms with Gasteiger partial charge in [0.1, 0.15) is 0 Å². The van der Waals surface area contributed by atoms with E-state index in [-0.39, 0.29) is 18.5 Å². The summed E-state index contributed by atoms with van der Waals surface area (Å²) in [4.78, 5) is 27.6. The van der Waals surface area contributed by atoms with Crippen LogP contribution in [0.5, 0.6) is 0 Å². The molecule has 0 aliphatic carbocycles. The Labute approximate surface area is 117 Å². The predicted molar refractivity (Wildman–Crippen MR) is 73.2 cm³/mol. The summed E-state index contributed by atoms with van der Waals surface area (Å²) in [5.41, 5.74) is 0.302. The average Bonchev–Trinajstić information content (AvgIpc) is 2.63. The van der Waals surface area contributed by atoms with Crippen molar-refractivity contribution in [2.75, 3.05) is 19.8 Å². The predicted octanol–water partition coefficient (Wildman–Crippen LogP) is 1.09. The molecular weight excluding hydrogens is 256 g/mol. The van der Waals surface area contributed by atoms with Gasteiger partial charge in [-0.2, -0.15) is 0 Å². The van der Waals surface area contributed by atoms with Crippen molar-refractivity contribution in [3.8, 4) is 0 Å². The van der Waals surface area contributed by atoms with E-state index >= 15 is 0 Å². The minimum absolute atomic E-state index is 0.239. The van der Waals surface area contributed by atoms with Gasteiger partial charge in [0.05, 0.1) is 23.4 Å². The van der Waals surface area contributed by atoms with Crippen molar-refractivity contribution in [3.63, 3.8) is 0 Å². The van der Waals surface area contributed by atoms with E-state index in [1.165, 1.54) is 4.90 Å². The van der Waals surface area contributed by atoms with Gasteiger partial charge in [-0.25, -0.2) is 0 Å². The van der Waals surface area contributed by atoms with Gasteiger partial charge >= 0.3 is 0 Å². The van der Waals surface area contributed by atoms with Crippen LogP contribution in [0.3, 0.4) is 0 Å². The van der Waals surface area contributed by atoms with E-state index in [0.717, 1.165) is 12.8 Å². The highest BCUT2D eigenvalue weighted by Crippen LogP contribution is 2.28. The van der Waals surface area contributed by atoms with Crippen LogP contribution in [0.15, 0.2) is 24.3 Å². The van der Waals surface area contributed by atoms with E-state index < -0.39 is 5.60 Å². The van der Waals surface area contributed by atoms with Gasteiger partial charge in [0, 0.05) is 13.1 Å². The summed E-state index contributed by atoms with van der Waals surface area (Å²) in [6, 6.07) is 6.88. The molecule has 1 N–H and O–H groups in total. The Morgan fingerprint density at radius 3 is 2.20 bits per heavy atom. The number of imide groups is 1. The normalized spacial score (nSPS) is 21.0. The SMILES string of the molecule is CCCC1(O)CN(CN2C(=O)c3ccccc3C2=O)C1. The number of amides is 2. The Kier molecular flexibility index (Phi) is 3.11. The molecule has 0 aromatic heterocycles. The number of nitrogens with zero attached hydrogens (tertiary/aromatic N) is 2. The third-order valence-corrected chi connectivity index (χ3v) is 3.97. The average molecular weight is 274 g/mol. The molecule has 2 amide bonds. The smallest absolute Gasteiger partial charge is 0.262 e. The highest BCUT2D eigenvalue weighted by Gasteiger charge is 2.43. The Morgan fingerprint density at radius 1 is 1.15 bits per heavy atom. The highest BCUT2D eigenvalue weighted by molar-refractivity contribution is 6.21. The van der Waals surface area contributed by atoms with Crippen molar-refractivity contribution in [3.05, 3.63) is 35.4 Å². The quantitative estimate of drug-likeness (QED) is 0.835. The molecule has 1 aromatic carbocycles. The van der Waals surface area contributed by atoms with Crippen LogP contribution in [0.25, 0.3) is 0 Å². The van der Waals surface area contributed by atoms with E-state index in [4.69, 9.17) is 0 Å². The Balaban J connectivity index is 1.67. The molecule has 0 atom stereocenters. The zero-order chi connectivity index (χ0) is 14.3. The summed E-state index contributed by atoms with van der Waals surface area (Å²) in [5, 5.41) is 10.1. The fraction of sp³-hybridized carbons (Fsp3) is 0.467. The Morgan fingerprint density at radius 2 is 1.70 bits per heavy atom. The van der Waals surface area contributed by atoms with Crippen molar-refractivity contribution < 1.29 is 14.7 Å². The first-order valence-corrected chi connectivity index (χ1v) is 6.94. The Bertz CT molecular complexity index is 529. The lowest BCUT2D eigenvalue weighted by atomic mass is 9.90. The molecule has 106 valence electrons. The summed E-state index contributed by atoms with van der Waals surface area (Å²) in [7, 11) is 0. The van der Waals surface area contributed by atoms with E-state index in [2.05, 4.69) is 0 Å². The first-order chi connectivity index (χ1) is 9.54. The van der Waals surface area contributed by atoms with Crippen LogP contribution in [0, 0.1) is 0 Å². The second-order valence-corrected chi connectivity index (χ2v) is 5.69. The maximum atomic E-state index is 12.2. The van der Waals surface area contributed by atoms with Crippen molar-refractivity contribution in [1.29, 1.82) is 0 Å². The van der Waals surface area contributed by atoms with E-state index in [9.17, 15) is 14.7 Å². The van der Waals surface area contributed by atoms with Crippen molar-refractivity contribution >= 4 is 11.8 Å². The molecule has 5 heteroatoms. The van der Waals surface area contributed by atoms with Crippen LogP contribution < -0.4 is 0 Å². The van der Waals surface area contributed by atoms with Crippen molar-refractivity contribution in [2.45, 2.75) is 25.4 Å². The molecule has 1 aromatic rings. The maximum Gasteiger partial charge on any atom is 0.262 e. The summed E-state index contributed by atoms with van der Waals surface area (Å²) in [5.74, 6) is -0.479. The summed E-state index contributed by atoms with van der Waals surface area (Å²) < 4.78 is 0. The lowest BCUT2D eigenvalue weighted by molar-refractivity contribution is -0.112. The van der Waals surface area contributed by atoms with Gasteiger partial charge in [-0.15, -0.1) is 0 Å². The first kappa shape index (κ1) is 13.3. The molecule has 0 spiro atoms. The maximum absolute atomic E-state index is 12.2. The number of likely N-dealkylation sites (tertiary alicyclic amines) is 1. The third kappa shape index (κ3) is 2.03. The summed E-state index contributed by atoms with van der Waals surface area (Å²) in [6.45, 7) is 3.34. The monoisotopic (exact) mass is 274 g/mol. The second kappa shape index (κ2) is 4.68. The number of carbonyl (C=O) groups excluding carboxylic acids is 2. The molecule has 2 heterocycles. The van der Waals surface area contributed by atoms with Crippen LogP contribution >= 0.6 is 0 Å². The van der Waals surface area contributed by atoms with Gasteiger partial charge in [0.2, 0.25) is 0 Å². The topological polar surface area (TPSA) is 60.9 Å². The number of β-amino-alcohol motifs (C(OH)–C–C–N with tert-alkyl or cyclic N) is 1. The van der Waals surface area contributed by atoms with Gasteiger partial charge in [-0.3, -0.25) is 19.4 Å². The number of carbonyl (C=O) groups is 2. The van der Waals surface area contributed by atoms with Gasteiger partial charge in [-0.1, -0.05) is 25.5 Å². The van der Waals surface area contributed by atoms with E-state index in [1.807, 2.05) is 11.8 Å². The lowest BCUT2D eigenvalue weighted by Crippen LogP contribution is -2.64. The van der Waals surface area contributed by atoms with Gasteiger partial charge in [-0.05, 0) is 18.6 Å². The van der Waals surface area contributed by atoms with Crippen molar-refractivity contribution in [2.24, 2.45) is 0 Å². The fourth-order valence-corrected chi connectivity index (χ4v) is 3.08. The third-order valence-electron chi connectivity index (χ3n) is 3.97. The molecule has 2 aliphatic rings. The van der Waals surface area contributed by atoms with Crippen molar-refractivity contribution in [1.82, 2.24) is 9.80 Å².